The first kappa shape index (κ1) is 11.6. The average molecular weight is 178 g/mol. The number of rotatable bonds is 2. The largest absolute Gasteiger partial charge is 0.298 e. The topological polar surface area (TPSA) is 34.1 Å². The Morgan fingerprint density at radius 3 is 2.46 bits per heavy atom. The Morgan fingerprint density at radius 1 is 1.23 bits per heavy atom. The smallest absolute Gasteiger partial charge is 0.150 e. The average Bonchev–Trinajstić information content (AvgIpc) is 2.45. The van der Waals surface area contributed by atoms with Crippen molar-refractivity contribution in [3.8, 4) is 0 Å². The van der Waals surface area contributed by atoms with Crippen LogP contribution in [0.3, 0.4) is 0 Å². The van der Waals surface area contributed by atoms with Crippen molar-refractivity contribution in [2.24, 2.45) is 0 Å². The first-order chi connectivity index (χ1) is 6.36. The Balaban J connectivity index is 0.000000671. The van der Waals surface area contributed by atoms with Crippen molar-refractivity contribution in [3.63, 3.8) is 0 Å². The highest BCUT2D eigenvalue weighted by atomic mass is 16.1. The maximum absolute atomic E-state index is 10.3. The van der Waals surface area contributed by atoms with Crippen LogP contribution in [-0.4, -0.2) is 12.6 Å². The summed E-state index contributed by atoms with van der Waals surface area (Å²) in [7, 11) is 0. The minimum atomic E-state index is 0.542. The Labute approximate surface area is 78.6 Å². The molecule has 0 aliphatic heterocycles. The monoisotopic (exact) mass is 178 g/mol. The van der Waals surface area contributed by atoms with Crippen molar-refractivity contribution in [3.05, 3.63) is 35.5 Å². The van der Waals surface area contributed by atoms with Crippen molar-refractivity contribution in [1.29, 1.82) is 0 Å². The molecule has 0 atom stereocenters. The van der Waals surface area contributed by atoms with Crippen LogP contribution in [0.5, 0.6) is 0 Å². The van der Waals surface area contributed by atoms with E-state index in [1.54, 1.807) is 18.2 Å². The fourth-order valence-corrected chi connectivity index (χ4v) is 0.860. The molecule has 0 aromatic rings. The molecule has 0 heterocycles. The molecule has 0 saturated carbocycles. The number of aldehydes is 2. The van der Waals surface area contributed by atoms with E-state index < -0.39 is 0 Å². The molecule has 1 aliphatic rings. The molecule has 2 heteroatoms. The van der Waals surface area contributed by atoms with E-state index in [1.165, 1.54) is 0 Å². The third-order valence-electron chi connectivity index (χ3n) is 1.42. The summed E-state index contributed by atoms with van der Waals surface area (Å²) >= 11 is 0. The van der Waals surface area contributed by atoms with Crippen molar-refractivity contribution < 1.29 is 9.59 Å². The van der Waals surface area contributed by atoms with Gasteiger partial charge < -0.3 is 0 Å². The molecule has 13 heavy (non-hydrogen) atoms. The van der Waals surface area contributed by atoms with E-state index >= 15 is 0 Å². The number of hydrogen-bond donors (Lipinski definition) is 0. The van der Waals surface area contributed by atoms with Gasteiger partial charge in [-0.1, -0.05) is 32.1 Å². The van der Waals surface area contributed by atoms with Gasteiger partial charge in [0.2, 0.25) is 0 Å². The van der Waals surface area contributed by atoms with Crippen LogP contribution in [0.15, 0.2) is 35.5 Å². The second-order valence-electron chi connectivity index (χ2n) is 2.25. The third kappa shape index (κ3) is 4.21. The molecule has 0 spiro atoms. The minimum Gasteiger partial charge on any atom is -0.298 e. The number of carbonyl (C=O) groups is 2. The van der Waals surface area contributed by atoms with E-state index in [2.05, 4.69) is 0 Å². The van der Waals surface area contributed by atoms with Gasteiger partial charge in [-0.05, 0) is 18.1 Å². The van der Waals surface area contributed by atoms with Gasteiger partial charge in [0.25, 0.3) is 0 Å². The molecular weight excluding hydrogens is 164 g/mol. The molecule has 2 nitrogen and oxygen atoms in total. The molecule has 0 unspecified atom stereocenters. The van der Waals surface area contributed by atoms with Crippen LogP contribution in [0.1, 0.15) is 20.3 Å². The lowest BCUT2D eigenvalue weighted by molar-refractivity contribution is -0.105. The van der Waals surface area contributed by atoms with Gasteiger partial charge in [0, 0.05) is 5.57 Å². The van der Waals surface area contributed by atoms with Crippen LogP contribution >= 0.6 is 0 Å². The molecular formula is C11H14O2. The summed E-state index contributed by atoms with van der Waals surface area (Å²) in [6.45, 7) is 4.00. The molecule has 70 valence electrons. The van der Waals surface area contributed by atoms with E-state index in [4.69, 9.17) is 0 Å². The van der Waals surface area contributed by atoms with Gasteiger partial charge in [0.05, 0.1) is 0 Å². The quantitative estimate of drug-likeness (QED) is 0.607. The zero-order valence-electron chi connectivity index (χ0n) is 7.99. The lowest BCUT2D eigenvalue weighted by Crippen LogP contribution is -1.84. The van der Waals surface area contributed by atoms with Crippen molar-refractivity contribution in [2.75, 3.05) is 0 Å². The van der Waals surface area contributed by atoms with Gasteiger partial charge in [0.15, 0.2) is 0 Å². The van der Waals surface area contributed by atoms with Gasteiger partial charge in [-0.15, -0.1) is 0 Å². The van der Waals surface area contributed by atoms with E-state index in [9.17, 15) is 9.59 Å². The van der Waals surface area contributed by atoms with Crippen molar-refractivity contribution in [1.82, 2.24) is 0 Å². The van der Waals surface area contributed by atoms with Crippen LogP contribution in [0.2, 0.25) is 0 Å². The van der Waals surface area contributed by atoms with Gasteiger partial charge in [-0.25, -0.2) is 0 Å². The minimum absolute atomic E-state index is 0.542. The molecule has 0 aromatic heterocycles. The molecule has 0 bridgehead atoms. The lowest BCUT2D eigenvalue weighted by atomic mass is 10.1. The van der Waals surface area contributed by atoms with Crippen LogP contribution < -0.4 is 0 Å². The van der Waals surface area contributed by atoms with Gasteiger partial charge in [-0.3, -0.25) is 9.59 Å². The predicted molar refractivity (Wildman–Crippen MR) is 53.4 cm³/mol. The molecule has 0 amide bonds. The summed E-state index contributed by atoms with van der Waals surface area (Å²) in [5, 5.41) is 0. The maximum atomic E-state index is 10.3. The highest BCUT2D eigenvalue weighted by Gasteiger charge is 1.97. The van der Waals surface area contributed by atoms with Crippen molar-refractivity contribution >= 4 is 12.6 Å². The summed E-state index contributed by atoms with van der Waals surface area (Å²) in [5.41, 5.74) is 1.18. The summed E-state index contributed by atoms with van der Waals surface area (Å²) in [6.07, 6.45) is 9.01. The van der Waals surface area contributed by atoms with E-state index in [0.717, 1.165) is 12.6 Å². The SMILES string of the molecule is CC.O=CC1=CC=CCC(C=O)=C1. The predicted octanol–water partition coefficient (Wildman–Crippen LogP) is 2.22. The summed E-state index contributed by atoms with van der Waals surface area (Å²) < 4.78 is 0. The molecule has 1 aliphatic carbocycles. The molecule has 1 rings (SSSR count). The van der Waals surface area contributed by atoms with E-state index in [1.807, 2.05) is 19.9 Å². The van der Waals surface area contributed by atoms with E-state index in [-0.39, 0.29) is 0 Å². The normalized spacial score (nSPS) is 14.3. The van der Waals surface area contributed by atoms with Crippen molar-refractivity contribution in [2.45, 2.75) is 20.3 Å². The van der Waals surface area contributed by atoms with Gasteiger partial charge in [-0.2, -0.15) is 0 Å². The van der Waals surface area contributed by atoms with Gasteiger partial charge >= 0.3 is 0 Å². The summed E-state index contributed by atoms with van der Waals surface area (Å²) in [4.78, 5) is 20.6. The highest BCUT2D eigenvalue weighted by Crippen LogP contribution is 2.08. The Hall–Kier alpha value is -1.44. The fourth-order valence-electron chi connectivity index (χ4n) is 0.860. The van der Waals surface area contributed by atoms with Crippen LogP contribution in [0.25, 0.3) is 0 Å². The Kier molecular flexibility index (Phi) is 6.42. The number of carbonyl (C=O) groups excluding carboxylic acids is 2. The molecule has 0 N–H and O–H groups in total. The van der Waals surface area contributed by atoms with Crippen LogP contribution in [0, 0.1) is 0 Å². The zero-order valence-corrected chi connectivity index (χ0v) is 7.99. The zero-order chi connectivity index (χ0) is 10.1. The second-order valence-corrected chi connectivity index (χ2v) is 2.25. The third-order valence-corrected chi connectivity index (χ3v) is 1.42. The summed E-state index contributed by atoms with van der Waals surface area (Å²) in [6, 6.07) is 0. The summed E-state index contributed by atoms with van der Waals surface area (Å²) in [5.74, 6) is 0. The molecule has 0 aromatic carbocycles. The number of allylic oxidation sites excluding steroid dienone is 6. The first-order valence-electron chi connectivity index (χ1n) is 4.34. The van der Waals surface area contributed by atoms with Gasteiger partial charge in [0.1, 0.15) is 12.6 Å². The number of hydrogen-bond acceptors (Lipinski definition) is 2. The van der Waals surface area contributed by atoms with Crippen LogP contribution in [0.4, 0.5) is 0 Å². The van der Waals surface area contributed by atoms with E-state index in [0.29, 0.717) is 17.6 Å². The second kappa shape index (κ2) is 7.22. The maximum Gasteiger partial charge on any atom is 0.150 e. The lowest BCUT2D eigenvalue weighted by Gasteiger charge is -1.89. The first-order valence-corrected chi connectivity index (χ1v) is 4.34. The highest BCUT2D eigenvalue weighted by molar-refractivity contribution is 5.84. The Morgan fingerprint density at radius 2 is 1.92 bits per heavy atom. The molecule has 0 fully saturated rings. The van der Waals surface area contributed by atoms with Crippen LogP contribution in [-0.2, 0) is 9.59 Å². The Bertz CT molecular complexity index is 257. The molecule has 0 radical (unpaired) electrons. The fraction of sp³-hybridized carbons (Fsp3) is 0.273. The molecule has 0 saturated heterocycles. The standard InChI is InChI=1S/C9H8O2.C2H6/c10-6-8-3-1-2-4-9(5-8)7-11;1-2/h1-3,5-7H,4H2;1-2H3.